The molecule has 1 atom stereocenters. The highest BCUT2D eigenvalue weighted by Gasteiger charge is 2.16. The van der Waals surface area contributed by atoms with Gasteiger partial charge in [0.1, 0.15) is 0 Å². The van der Waals surface area contributed by atoms with E-state index in [2.05, 4.69) is 20.5 Å². The Morgan fingerprint density at radius 1 is 1.72 bits per heavy atom. The molecule has 1 aromatic heterocycles. The van der Waals surface area contributed by atoms with Gasteiger partial charge in [0.05, 0.1) is 6.54 Å². The van der Waals surface area contributed by atoms with Crippen LogP contribution in [0.3, 0.4) is 0 Å². The van der Waals surface area contributed by atoms with Crippen LogP contribution in [0.1, 0.15) is 12.8 Å². The van der Waals surface area contributed by atoms with Crippen molar-refractivity contribution in [2.75, 3.05) is 38.5 Å². The molecule has 0 spiro atoms. The molecule has 1 fully saturated rings. The van der Waals surface area contributed by atoms with Crippen LogP contribution in [0.15, 0.2) is 11.6 Å². The lowest BCUT2D eigenvalue weighted by molar-refractivity contribution is -0.117. The number of carbonyl (C=O) groups is 1. The average Bonchev–Trinajstić information content (AvgIpc) is 2.82. The second-order valence-corrected chi connectivity index (χ2v) is 5.69. The van der Waals surface area contributed by atoms with Crippen molar-refractivity contribution in [3.05, 3.63) is 11.6 Å². The summed E-state index contributed by atoms with van der Waals surface area (Å²) in [6.45, 7) is 3.59. The molecule has 1 amide bonds. The summed E-state index contributed by atoms with van der Waals surface area (Å²) in [6, 6.07) is 0. The largest absolute Gasteiger partial charge is 0.316 e. The van der Waals surface area contributed by atoms with Gasteiger partial charge < -0.3 is 10.6 Å². The van der Waals surface area contributed by atoms with Gasteiger partial charge in [-0.1, -0.05) is 0 Å². The third kappa shape index (κ3) is 4.36. The van der Waals surface area contributed by atoms with Gasteiger partial charge in [0, 0.05) is 18.1 Å². The average molecular weight is 268 g/mol. The third-order valence-electron chi connectivity index (χ3n) is 3.06. The van der Waals surface area contributed by atoms with E-state index in [0.717, 1.165) is 19.6 Å². The summed E-state index contributed by atoms with van der Waals surface area (Å²) in [4.78, 5) is 17.9. The molecule has 18 heavy (non-hydrogen) atoms. The van der Waals surface area contributed by atoms with Crippen molar-refractivity contribution in [2.24, 2.45) is 5.92 Å². The van der Waals surface area contributed by atoms with Crippen LogP contribution in [-0.2, 0) is 4.79 Å². The molecule has 6 heteroatoms. The summed E-state index contributed by atoms with van der Waals surface area (Å²) < 4.78 is 0. The van der Waals surface area contributed by atoms with E-state index in [-0.39, 0.29) is 5.91 Å². The molecule has 1 unspecified atom stereocenters. The molecule has 2 N–H and O–H groups in total. The van der Waals surface area contributed by atoms with Crippen molar-refractivity contribution in [3.63, 3.8) is 0 Å². The van der Waals surface area contributed by atoms with Crippen LogP contribution in [0.5, 0.6) is 0 Å². The number of likely N-dealkylation sites (N-methyl/N-ethyl adjacent to an activating group) is 1. The van der Waals surface area contributed by atoms with Crippen molar-refractivity contribution >= 4 is 22.4 Å². The van der Waals surface area contributed by atoms with E-state index in [1.165, 1.54) is 24.2 Å². The number of anilines is 1. The van der Waals surface area contributed by atoms with Gasteiger partial charge in [0.2, 0.25) is 5.91 Å². The zero-order chi connectivity index (χ0) is 12.8. The van der Waals surface area contributed by atoms with Gasteiger partial charge in [0.15, 0.2) is 5.13 Å². The molecular formula is C12H20N4OS. The van der Waals surface area contributed by atoms with Crippen LogP contribution in [-0.4, -0.2) is 49.0 Å². The number of nitrogens with zero attached hydrogens (tertiary/aromatic N) is 2. The fourth-order valence-corrected chi connectivity index (χ4v) is 2.82. The summed E-state index contributed by atoms with van der Waals surface area (Å²) in [7, 11) is 2.00. The fraction of sp³-hybridized carbons (Fsp3) is 0.667. The fourth-order valence-electron chi connectivity index (χ4n) is 2.27. The lowest BCUT2D eigenvalue weighted by Gasteiger charge is -2.27. The van der Waals surface area contributed by atoms with Crippen LogP contribution < -0.4 is 10.6 Å². The number of amides is 1. The maximum Gasteiger partial charge on any atom is 0.240 e. The van der Waals surface area contributed by atoms with Crippen molar-refractivity contribution in [2.45, 2.75) is 12.8 Å². The molecule has 0 bridgehead atoms. The SMILES string of the molecule is CN(CC(=O)Nc1nccs1)CC1CCCNC1. The Morgan fingerprint density at radius 3 is 3.28 bits per heavy atom. The molecule has 100 valence electrons. The first-order chi connectivity index (χ1) is 8.74. The number of thiazole rings is 1. The lowest BCUT2D eigenvalue weighted by atomic mass is 9.99. The molecule has 0 aromatic carbocycles. The third-order valence-corrected chi connectivity index (χ3v) is 3.75. The van der Waals surface area contributed by atoms with Gasteiger partial charge in [-0.25, -0.2) is 4.98 Å². The number of hydrogen-bond donors (Lipinski definition) is 2. The molecule has 1 aliphatic rings. The van der Waals surface area contributed by atoms with Crippen LogP contribution >= 0.6 is 11.3 Å². The van der Waals surface area contributed by atoms with Crippen LogP contribution in [0.25, 0.3) is 0 Å². The van der Waals surface area contributed by atoms with Gasteiger partial charge in [0.25, 0.3) is 0 Å². The quantitative estimate of drug-likeness (QED) is 0.837. The first kappa shape index (κ1) is 13.5. The minimum atomic E-state index is 0.0104. The maximum absolute atomic E-state index is 11.8. The maximum atomic E-state index is 11.8. The Bertz CT molecular complexity index is 362. The summed E-state index contributed by atoms with van der Waals surface area (Å²) in [5.41, 5.74) is 0. The Hall–Kier alpha value is -0.980. The first-order valence-corrected chi connectivity index (χ1v) is 7.20. The Kier molecular flexibility index (Phi) is 5.10. The minimum absolute atomic E-state index is 0.0104. The molecule has 0 radical (unpaired) electrons. The lowest BCUT2D eigenvalue weighted by Crippen LogP contribution is -2.39. The second-order valence-electron chi connectivity index (χ2n) is 4.79. The molecule has 0 aliphatic carbocycles. The van der Waals surface area contributed by atoms with Crippen molar-refractivity contribution in [1.82, 2.24) is 15.2 Å². The second kappa shape index (κ2) is 6.82. The predicted molar refractivity (Wildman–Crippen MR) is 73.8 cm³/mol. The van der Waals surface area contributed by atoms with Crippen molar-refractivity contribution < 1.29 is 4.79 Å². The van der Waals surface area contributed by atoms with Crippen LogP contribution in [0.4, 0.5) is 5.13 Å². The van der Waals surface area contributed by atoms with E-state index in [0.29, 0.717) is 17.6 Å². The highest BCUT2D eigenvalue weighted by Crippen LogP contribution is 2.12. The summed E-state index contributed by atoms with van der Waals surface area (Å²) in [5.74, 6) is 0.674. The van der Waals surface area contributed by atoms with Crippen molar-refractivity contribution in [1.29, 1.82) is 0 Å². The number of nitrogens with one attached hydrogen (secondary N) is 2. The highest BCUT2D eigenvalue weighted by molar-refractivity contribution is 7.13. The highest BCUT2D eigenvalue weighted by atomic mass is 32.1. The van der Waals surface area contributed by atoms with E-state index in [1.807, 2.05) is 12.4 Å². The summed E-state index contributed by atoms with van der Waals surface area (Å²) in [6.07, 6.45) is 4.19. The van der Waals surface area contributed by atoms with Gasteiger partial charge in [-0.3, -0.25) is 9.69 Å². The number of hydrogen-bond acceptors (Lipinski definition) is 5. The van der Waals surface area contributed by atoms with Crippen molar-refractivity contribution in [3.8, 4) is 0 Å². The first-order valence-electron chi connectivity index (χ1n) is 6.32. The molecule has 0 saturated carbocycles. The number of rotatable bonds is 5. The number of aromatic nitrogens is 1. The molecule has 1 aromatic rings. The molecule has 5 nitrogen and oxygen atoms in total. The van der Waals surface area contributed by atoms with Crippen LogP contribution in [0, 0.1) is 5.92 Å². The topological polar surface area (TPSA) is 57.3 Å². The monoisotopic (exact) mass is 268 g/mol. The van der Waals surface area contributed by atoms with E-state index < -0.39 is 0 Å². The molecule has 2 heterocycles. The van der Waals surface area contributed by atoms with Gasteiger partial charge in [-0.05, 0) is 38.9 Å². The van der Waals surface area contributed by atoms with Gasteiger partial charge in [-0.15, -0.1) is 11.3 Å². The van der Waals surface area contributed by atoms with Gasteiger partial charge >= 0.3 is 0 Å². The minimum Gasteiger partial charge on any atom is -0.316 e. The molecule has 1 saturated heterocycles. The van der Waals surface area contributed by atoms with E-state index in [9.17, 15) is 4.79 Å². The summed E-state index contributed by atoms with van der Waals surface area (Å²) >= 11 is 1.44. The molecule has 1 aliphatic heterocycles. The summed E-state index contributed by atoms with van der Waals surface area (Å²) in [5, 5.41) is 8.72. The number of carbonyl (C=O) groups excluding carboxylic acids is 1. The Balaban J connectivity index is 1.69. The van der Waals surface area contributed by atoms with Crippen LogP contribution in [0.2, 0.25) is 0 Å². The zero-order valence-corrected chi connectivity index (χ0v) is 11.5. The zero-order valence-electron chi connectivity index (χ0n) is 10.7. The Morgan fingerprint density at radius 2 is 2.61 bits per heavy atom. The number of piperidine rings is 1. The van der Waals surface area contributed by atoms with Gasteiger partial charge in [-0.2, -0.15) is 0 Å². The van der Waals surface area contributed by atoms with E-state index in [1.54, 1.807) is 6.20 Å². The molecular weight excluding hydrogens is 248 g/mol. The van der Waals surface area contributed by atoms with E-state index in [4.69, 9.17) is 0 Å². The normalized spacial score (nSPS) is 20.0. The molecule has 2 rings (SSSR count). The Labute approximate surface area is 112 Å². The predicted octanol–water partition coefficient (Wildman–Crippen LogP) is 1.01. The van der Waals surface area contributed by atoms with E-state index >= 15 is 0 Å². The standard InChI is InChI=1S/C12H20N4OS/c1-16(8-10-3-2-4-13-7-10)9-11(17)15-12-14-5-6-18-12/h5-6,10,13H,2-4,7-9H2,1H3,(H,14,15,17). The smallest absolute Gasteiger partial charge is 0.240 e.